The fourth-order valence-electron chi connectivity index (χ4n) is 2.16. The molecule has 0 heterocycles. The summed E-state index contributed by atoms with van der Waals surface area (Å²) >= 11 is 0. The van der Waals surface area contributed by atoms with E-state index in [-0.39, 0.29) is 17.6 Å². The zero-order chi connectivity index (χ0) is 16.9. The van der Waals surface area contributed by atoms with Crippen LogP contribution in [0, 0.1) is 5.92 Å². The monoisotopic (exact) mass is 323 g/mol. The molecule has 0 spiro atoms. The molecule has 0 atom stereocenters. The first kappa shape index (κ1) is 15.7. The zero-order valence-corrected chi connectivity index (χ0v) is 12.9. The largest absolute Gasteiger partial charge is 0.508 e. The maximum Gasteiger partial charge on any atom is 0.273 e. The highest BCUT2D eigenvalue weighted by Gasteiger charge is 2.30. The molecule has 0 saturated heterocycles. The van der Waals surface area contributed by atoms with Gasteiger partial charge in [-0.25, -0.2) is 5.43 Å². The van der Waals surface area contributed by atoms with E-state index in [1.807, 2.05) is 0 Å². The summed E-state index contributed by atoms with van der Waals surface area (Å²) in [7, 11) is 0. The van der Waals surface area contributed by atoms with Crippen molar-refractivity contribution in [1.82, 2.24) is 5.43 Å². The number of aromatic hydroxyl groups is 1. The maximum absolute atomic E-state index is 12.3. The predicted molar refractivity (Wildman–Crippen MR) is 91.0 cm³/mol. The average Bonchev–Trinajstić information content (AvgIpc) is 3.42. The maximum atomic E-state index is 12.3. The summed E-state index contributed by atoms with van der Waals surface area (Å²) in [5.41, 5.74) is 4.01. The number of nitrogens with zero attached hydrogens (tertiary/aromatic N) is 1. The molecule has 3 rings (SSSR count). The highest BCUT2D eigenvalue weighted by Crippen LogP contribution is 2.30. The molecule has 2 aromatic rings. The van der Waals surface area contributed by atoms with E-state index in [4.69, 9.17) is 0 Å². The smallest absolute Gasteiger partial charge is 0.273 e. The second-order valence-electron chi connectivity index (χ2n) is 5.60. The van der Waals surface area contributed by atoms with Crippen LogP contribution in [-0.2, 0) is 4.79 Å². The molecule has 0 aromatic heterocycles. The van der Waals surface area contributed by atoms with Crippen molar-refractivity contribution in [3.05, 3.63) is 59.7 Å². The molecule has 0 unspecified atom stereocenters. The molecule has 24 heavy (non-hydrogen) atoms. The van der Waals surface area contributed by atoms with Crippen molar-refractivity contribution in [2.45, 2.75) is 12.8 Å². The van der Waals surface area contributed by atoms with Gasteiger partial charge in [0.05, 0.1) is 17.5 Å². The van der Waals surface area contributed by atoms with Crippen molar-refractivity contribution in [2.24, 2.45) is 11.0 Å². The third-order valence-corrected chi connectivity index (χ3v) is 3.65. The first-order chi connectivity index (χ1) is 11.6. The predicted octanol–water partition coefficient (Wildman–Crippen LogP) is 2.50. The Morgan fingerprint density at radius 1 is 1.08 bits per heavy atom. The summed E-state index contributed by atoms with van der Waals surface area (Å²) in [6.45, 7) is 0. The van der Waals surface area contributed by atoms with Crippen LogP contribution in [-0.4, -0.2) is 23.1 Å². The molecule has 1 fully saturated rings. The fraction of sp³-hybridized carbons (Fsp3) is 0.167. The van der Waals surface area contributed by atoms with E-state index >= 15 is 0 Å². The van der Waals surface area contributed by atoms with E-state index in [0.29, 0.717) is 11.3 Å². The number of para-hydroxylation sites is 1. The van der Waals surface area contributed by atoms with Gasteiger partial charge in [-0.05, 0) is 54.8 Å². The Bertz CT molecular complexity index is 780. The fourth-order valence-corrected chi connectivity index (χ4v) is 2.16. The van der Waals surface area contributed by atoms with Gasteiger partial charge >= 0.3 is 0 Å². The first-order valence-corrected chi connectivity index (χ1v) is 7.66. The van der Waals surface area contributed by atoms with Crippen LogP contribution >= 0.6 is 0 Å². The molecule has 2 aromatic carbocycles. The molecular formula is C18H17N3O3. The first-order valence-electron chi connectivity index (χ1n) is 7.66. The van der Waals surface area contributed by atoms with E-state index < -0.39 is 5.91 Å². The van der Waals surface area contributed by atoms with Crippen LogP contribution in [0.2, 0.25) is 0 Å². The number of carbonyl (C=O) groups is 2. The highest BCUT2D eigenvalue weighted by molar-refractivity contribution is 6.04. The summed E-state index contributed by atoms with van der Waals surface area (Å²) in [5, 5.41) is 15.9. The number of rotatable bonds is 5. The van der Waals surface area contributed by atoms with Crippen LogP contribution in [0.1, 0.15) is 28.8 Å². The lowest BCUT2D eigenvalue weighted by atomic mass is 10.1. The topological polar surface area (TPSA) is 90.8 Å². The lowest BCUT2D eigenvalue weighted by Gasteiger charge is -2.09. The summed E-state index contributed by atoms with van der Waals surface area (Å²) in [6.07, 6.45) is 3.27. The van der Waals surface area contributed by atoms with Crippen molar-refractivity contribution in [1.29, 1.82) is 0 Å². The minimum absolute atomic E-state index is 0.0529. The standard InChI is InChI=1S/C18H17N3O3/c22-14-9-5-12(6-10-14)11-19-21-18(24)15-3-1-2-4-16(15)20-17(23)13-7-8-13/h1-6,9-11,13,22H,7-8H2,(H,20,23)(H,21,24)/b19-11-. The molecule has 122 valence electrons. The van der Waals surface area contributed by atoms with Crippen LogP contribution < -0.4 is 10.7 Å². The van der Waals surface area contributed by atoms with Crippen LogP contribution in [0.5, 0.6) is 5.75 Å². The van der Waals surface area contributed by atoms with Gasteiger partial charge in [-0.2, -0.15) is 5.10 Å². The molecule has 1 aliphatic carbocycles. The van der Waals surface area contributed by atoms with Crippen LogP contribution in [0.25, 0.3) is 0 Å². The minimum atomic E-state index is -0.406. The molecule has 2 amide bonds. The highest BCUT2D eigenvalue weighted by atomic mass is 16.3. The molecule has 1 saturated carbocycles. The molecule has 0 bridgehead atoms. The van der Waals surface area contributed by atoms with Crippen LogP contribution in [0.3, 0.4) is 0 Å². The van der Waals surface area contributed by atoms with Gasteiger partial charge in [0.1, 0.15) is 5.75 Å². The summed E-state index contributed by atoms with van der Waals surface area (Å²) in [5.74, 6) is -0.232. The lowest BCUT2D eigenvalue weighted by molar-refractivity contribution is -0.117. The molecule has 0 radical (unpaired) electrons. The number of benzene rings is 2. The summed E-state index contributed by atoms with van der Waals surface area (Å²) < 4.78 is 0. The van der Waals surface area contributed by atoms with Gasteiger partial charge in [-0.3, -0.25) is 9.59 Å². The van der Waals surface area contributed by atoms with Crippen molar-refractivity contribution in [2.75, 3.05) is 5.32 Å². The quantitative estimate of drug-likeness (QED) is 0.583. The van der Waals surface area contributed by atoms with E-state index in [1.165, 1.54) is 18.3 Å². The number of hydrogen-bond donors (Lipinski definition) is 3. The zero-order valence-electron chi connectivity index (χ0n) is 12.9. The van der Waals surface area contributed by atoms with Gasteiger partial charge in [-0.1, -0.05) is 12.1 Å². The van der Waals surface area contributed by atoms with Crippen LogP contribution in [0.15, 0.2) is 53.6 Å². The third kappa shape index (κ3) is 3.98. The minimum Gasteiger partial charge on any atom is -0.508 e. The van der Waals surface area contributed by atoms with Gasteiger partial charge < -0.3 is 10.4 Å². The molecule has 3 N–H and O–H groups in total. The Labute approximate surface area is 139 Å². The van der Waals surface area contributed by atoms with Gasteiger partial charge in [0.2, 0.25) is 5.91 Å². The number of nitrogens with one attached hydrogen (secondary N) is 2. The van der Waals surface area contributed by atoms with E-state index in [9.17, 15) is 14.7 Å². The molecule has 0 aliphatic heterocycles. The Hall–Kier alpha value is -3.15. The van der Waals surface area contributed by atoms with E-state index in [1.54, 1.807) is 36.4 Å². The number of amides is 2. The number of carbonyl (C=O) groups excluding carboxylic acids is 2. The Morgan fingerprint density at radius 2 is 1.79 bits per heavy atom. The number of hydrogen-bond acceptors (Lipinski definition) is 4. The average molecular weight is 323 g/mol. The summed E-state index contributed by atoms with van der Waals surface area (Å²) in [4.78, 5) is 24.1. The normalized spacial score (nSPS) is 13.7. The number of anilines is 1. The molecule has 6 nitrogen and oxygen atoms in total. The van der Waals surface area contributed by atoms with Crippen molar-refractivity contribution >= 4 is 23.7 Å². The van der Waals surface area contributed by atoms with Crippen molar-refractivity contribution < 1.29 is 14.7 Å². The molecule has 1 aliphatic rings. The van der Waals surface area contributed by atoms with Crippen molar-refractivity contribution in [3.63, 3.8) is 0 Å². The number of phenols is 1. The number of phenolic OH excluding ortho intramolecular Hbond substituents is 1. The van der Waals surface area contributed by atoms with Crippen LogP contribution in [0.4, 0.5) is 5.69 Å². The van der Waals surface area contributed by atoms with Gasteiger partial charge in [-0.15, -0.1) is 0 Å². The Morgan fingerprint density at radius 3 is 2.50 bits per heavy atom. The second-order valence-corrected chi connectivity index (χ2v) is 5.60. The summed E-state index contributed by atoms with van der Waals surface area (Å²) in [6, 6.07) is 13.2. The SMILES string of the molecule is O=C(N/N=C\c1ccc(O)cc1)c1ccccc1NC(=O)C1CC1. The van der Waals surface area contributed by atoms with E-state index in [2.05, 4.69) is 15.8 Å². The third-order valence-electron chi connectivity index (χ3n) is 3.65. The Kier molecular flexibility index (Phi) is 4.56. The number of hydrazone groups is 1. The lowest BCUT2D eigenvalue weighted by Crippen LogP contribution is -2.21. The van der Waals surface area contributed by atoms with Gasteiger partial charge in [0, 0.05) is 5.92 Å². The second kappa shape index (κ2) is 6.95. The van der Waals surface area contributed by atoms with Gasteiger partial charge in [0.25, 0.3) is 5.91 Å². The molecule has 6 heteroatoms. The van der Waals surface area contributed by atoms with Crippen molar-refractivity contribution in [3.8, 4) is 5.75 Å². The van der Waals surface area contributed by atoms with E-state index in [0.717, 1.165) is 18.4 Å². The molecular weight excluding hydrogens is 306 g/mol. The van der Waals surface area contributed by atoms with Gasteiger partial charge in [0.15, 0.2) is 0 Å². The Balaban J connectivity index is 1.66.